The first kappa shape index (κ1) is 17.8. The van der Waals surface area contributed by atoms with Gasteiger partial charge in [-0.05, 0) is 37.3 Å². The summed E-state index contributed by atoms with van der Waals surface area (Å²) in [4.78, 5) is 28.7. The van der Waals surface area contributed by atoms with Crippen LogP contribution in [0, 0.1) is 5.92 Å². The second-order valence-electron chi connectivity index (χ2n) is 5.92. The van der Waals surface area contributed by atoms with E-state index in [-0.39, 0.29) is 18.2 Å². The van der Waals surface area contributed by atoms with Gasteiger partial charge in [0.2, 0.25) is 11.8 Å². The first-order chi connectivity index (χ1) is 12.0. The van der Waals surface area contributed by atoms with Crippen molar-refractivity contribution < 1.29 is 9.59 Å². The highest BCUT2D eigenvalue weighted by Gasteiger charge is 2.38. The first-order valence-electron chi connectivity index (χ1n) is 8.13. The number of hydrogen-bond acceptors (Lipinski definition) is 2. The second-order valence-corrected chi connectivity index (χ2v) is 6.76. The van der Waals surface area contributed by atoms with Crippen molar-refractivity contribution in [1.29, 1.82) is 0 Å². The zero-order chi connectivity index (χ0) is 18.0. The fraction of sp³-hybridized carbons (Fsp3) is 0.263. The third kappa shape index (κ3) is 3.65. The zero-order valence-corrected chi connectivity index (χ0v) is 15.3. The standard InChI is InChI=1S/C19H18Cl2N2O2/c1-2-22(15-6-4-3-5-7-15)19(25)13-10-18(24)23(12-13)17-11-14(20)8-9-16(17)21/h3-9,11,13H,2,10,12H2,1H3. The van der Waals surface area contributed by atoms with Crippen molar-refractivity contribution in [2.75, 3.05) is 22.9 Å². The number of nitrogens with zero attached hydrogens (tertiary/aromatic N) is 2. The van der Waals surface area contributed by atoms with Gasteiger partial charge in [0.05, 0.1) is 16.6 Å². The molecule has 1 heterocycles. The predicted octanol–water partition coefficient (Wildman–Crippen LogP) is 4.40. The van der Waals surface area contributed by atoms with Crippen molar-refractivity contribution in [2.24, 2.45) is 5.92 Å². The molecule has 0 aromatic heterocycles. The Labute approximate surface area is 156 Å². The highest BCUT2D eigenvalue weighted by Crippen LogP contribution is 2.34. The van der Waals surface area contributed by atoms with E-state index in [0.29, 0.717) is 28.8 Å². The van der Waals surface area contributed by atoms with Crippen LogP contribution in [-0.4, -0.2) is 24.9 Å². The van der Waals surface area contributed by atoms with E-state index in [2.05, 4.69) is 0 Å². The molecule has 3 rings (SSSR count). The van der Waals surface area contributed by atoms with Crippen LogP contribution in [0.25, 0.3) is 0 Å². The smallest absolute Gasteiger partial charge is 0.232 e. The number of halogens is 2. The molecule has 4 nitrogen and oxygen atoms in total. The molecule has 1 aliphatic heterocycles. The van der Waals surface area contributed by atoms with Gasteiger partial charge in [-0.2, -0.15) is 0 Å². The van der Waals surface area contributed by atoms with Crippen molar-refractivity contribution in [2.45, 2.75) is 13.3 Å². The van der Waals surface area contributed by atoms with Crippen LogP contribution in [0.15, 0.2) is 48.5 Å². The number of rotatable bonds is 4. The van der Waals surface area contributed by atoms with Crippen molar-refractivity contribution in [3.8, 4) is 0 Å². The largest absolute Gasteiger partial charge is 0.312 e. The molecule has 6 heteroatoms. The van der Waals surface area contributed by atoms with Crippen LogP contribution in [0.5, 0.6) is 0 Å². The Bertz CT molecular complexity index is 795. The lowest BCUT2D eigenvalue weighted by Gasteiger charge is -2.24. The number of carbonyl (C=O) groups is 2. The van der Waals surface area contributed by atoms with Crippen molar-refractivity contribution in [1.82, 2.24) is 0 Å². The molecule has 0 aliphatic carbocycles. The summed E-state index contributed by atoms with van der Waals surface area (Å²) in [5.74, 6) is -0.572. The summed E-state index contributed by atoms with van der Waals surface area (Å²) < 4.78 is 0. The molecule has 2 aromatic rings. The fourth-order valence-electron chi connectivity index (χ4n) is 3.09. The Morgan fingerprint density at radius 1 is 1.20 bits per heavy atom. The minimum absolute atomic E-state index is 0.0531. The van der Waals surface area contributed by atoms with Gasteiger partial charge in [-0.25, -0.2) is 0 Å². The second kappa shape index (κ2) is 7.46. The highest BCUT2D eigenvalue weighted by atomic mass is 35.5. The monoisotopic (exact) mass is 376 g/mol. The van der Waals surface area contributed by atoms with E-state index in [1.165, 1.54) is 0 Å². The Morgan fingerprint density at radius 3 is 2.60 bits per heavy atom. The third-order valence-electron chi connectivity index (χ3n) is 4.32. The van der Waals surface area contributed by atoms with E-state index in [1.54, 1.807) is 28.0 Å². The lowest BCUT2D eigenvalue weighted by Crippen LogP contribution is -2.37. The van der Waals surface area contributed by atoms with Crippen LogP contribution >= 0.6 is 23.2 Å². The van der Waals surface area contributed by atoms with E-state index in [9.17, 15) is 9.59 Å². The van der Waals surface area contributed by atoms with Crippen LogP contribution in [0.2, 0.25) is 10.0 Å². The van der Waals surface area contributed by atoms with Crippen LogP contribution < -0.4 is 9.80 Å². The quantitative estimate of drug-likeness (QED) is 0.793. The Hall–Kier alpha value is -2.04. The molecule has 0 bridgehead atoms. The number of amides is 2. The van der Waals surface area contributed by atoms with E-state index >= 15 is 0 Å². The van der Waals surface area contributed by atoms with Gasteiger partial charge in [0, 0.05) is 30.2 Å². The normalized spacial score (nSPS) is 17.0. The maximum Gasteiger partial charge on any atom is 0.232 e. The van der Waals surface area contributed by atoms with E-state index < -0.39 is 5.92 Å². The van der Waals surface area contributed by atoms with Gasteiger partial charge in [0.25, 0.3) is 0 Å². The summed E-state index contributed by atoms with van der Waals surface area (Å²) in [5, 5.41) is 0.947. The average Bonchev–Trinajstić information content (AvgIpc) is 3.00. The van der Waals surface area contributed by atoms with Gasteiger partial charge in [-0.15, -0.1) is 0 Å². The SMILES string of the molecule is CCN(C(=O)C1CC(=O)N(c2cc(Cl)ccc2Cl)C1)c1ccccc1. The summed E-state index contributed by atoms with van der Waals surface area (Å²) in [6.07, 6.45) is 0.172. The molecule has 0 radical (unpaired) electrons. The van der Waals surface area contributed by atoms with Gasteiger partial charge >= 0.3 is 0 Å². The van der Waals surface area contributed by atoms with Gasteiger partial charge < -0.3 is 9.80 Å². The maximum absolute atomic E-state index is 12.9. The van der Waals surface area contributed by atoms with E-state index in [1.807, 2.05) is 37.3 Å². The number of anilines is 2. The lowest BCUT2D eigenvalue weighted by atomic mass is 10.1. The van der Waals surface area contributed by atoms with Crippen LogP contribution in [0.4, 0.5) is 11.4 Å². The number of para-hydroxylation sites is 1. The summed E-state index contributed by atoms with van der Waals surface area (Å²) in [6.45, 7) is 2.78. The fourth-order valence-corrected chi connectivity index (χ4v) is 3.48. The molecular formula is C19H18Cl2N2O2. The summed E-state index contributed by atoms with van der Waals surface area (Å²) in [5.41, 5.74) is 1.39. The molecule has 0 spiro atoms. The molecule has 1 atom stereocenters. The molecule has 1 aliphatic rings. The molecule has 2 aromatic carbocycles. The molecule has 130 valence electrons. The van der Waals surface area contributed by atoms with E-state index in [4.69, 9.17) is 23.2 Å². The molecule has 25 heavy (non-hydrogen) atoms. The van der Waals surface area contributed by atoms with Crippen LogP contribution in [0.1, 0.15) is 13.3 Å². The maximum atomic E-state index is 12.9. The van der Waals surface area contributed by atoms with Gasteiger partial charge in [0.15, 0.2) is 0 Å². The van der Waals surface area contributed by atoms with Crippen molar-refractivity contribution in [3.63, 3.8) is 0 Å². The molecule has 2 amide bonds. The molecule has 1 saturated heterocycles. The van der Waals surface area contributed by atoms with Crippen LogP contribution in [-0.2, 0) is 9.59 Å². The summed E-state index contributed by atoms with van der Waals surface area (Å²) >= 11 is 12.2. The minimum atomic E-state index is -0.400. The average molecular weight is 377 g/mol. The van der Waals surface area contributed by atoms with Gasteiger partial charge in [-0.3, -0.25) is 9.59 Å². The highest BCUT2D eigenvalue weighted by molar-refractivity contribution is 6.36. The third-order valence-corrected chi connectivity index (χ3v) is 4.88. The van der Waals surface area contributed by atoms with Crippen LogP contribution in [0.3, 0.4) is 0 Å². The van der Waals surface area contributed by atoms with Gasteiger partial charge in [0.1, 0.15) is 0 Å². The van der Waals surface area contributed by atoms with E-state index in [0.717, 1.165) is 5.69 Å². The number of benzene rings is 2. The summed E-state index contributed by atoms with van der Waals surface area (Å²) in [6, 6.07) is 14.5. The molecule has 1 fully saturated rings. The Kier molecular flexibility index (Phi) is 5.30. The molecule has 0 saturated carbocycles. The minimum Gasteiger partial charge on any atom is -0.312 e. The Balaban J connectivity index is 1.82. The molecular weight excluding hydrogens is 359 g/mol. The zero-order valence-electron chi connectivity index (χ0n) is 13.8. The van der Waals surface area contributed by atoms with Crippen molar-refractivity contribution >= 4 is 46.4 Å². The molecule has 0 N–H and O–H groups in total. The topological polar surface area (TPSA) is 40.6 Å². The van der Waals surface area contributed by atoms with Crippen molar-refractivity contribution in [3.05, 3.63) is 58.6 Å². The first-order valence-corrected chi connectivity index (χ1v) is 8.88. The lowest BCUT2D eigenvalue weighted by molar-refractivity contribution is -0.124. The number of carbonyl (C=O) groups excluding carboxylic acids is 2. The van der Waals surface area contributed by atoms with Gasteiger partial charge in [-0.1, -0.05) is 41.4 Å². The molecule has 1 unspecified atom stereocenters. The Morgan fingerprint density at radius 2 is 1.92 bits per heavy atom. The summed E-state index contributed by atoms with van der Waals surface area (Å²) in [7, 11) is 0. The predicted molar refractivity (Wildman–Crippen MR) is 101 cm³/mol. The number of hydrogen-bond donors (Lipinski definition) is 0.